The molecule has 0 spiro atoms. The van der Waals surface area contributed by atoms with E-state index in [0.29, 0.717) is 6.04 Å². The van der Waals surface area contributed by atoms with Crippen LogP contribution in [0.2, 0.25) is 0 Å². The van der Waals surface area contributed by atoms with Crippen molar-refractivity contribution in [2.24, 2.45) is 0 Å². The van der Waals surface area contributed by atoms with E-state index in [1.54, 1.807) is 11.3 Å². The molecule has 0 fully saturated rings. The van der Waals surface area contributed by atoms with Gasteiger partial charge in [0, 0.05) is 12.1 Å². The summed E-state index contributed by atoms with van der Waals surface area (Å²) in [5, 5.41) is 17.1. The Bertz CT molecular complexity index is 233. The van der Waals surface area contributed by atoms with Gasteiger partial charge >= 0.3 is 0 Å². The molecule has 0 saturated heterocycles. The highest BCUT2D eigenvalue weighted by molar-refractivity contribution is 7.07. The van der Waals surface area contributed by atoms with Gasteiger partial charge in [-0.15, -0.1) is 0 Å². The van der Waals surface area contributed by atoms with Crippen LogP contribution < -0.4 is 5.32 Å². The number of hydrogen-bond acceptors (Lipinski definition) is 3. The quantitative estimate of drug-likeness (QED) is 0.779. The van der Waals surface area contributed by atoms with Crippen molar-refractivity contribution in [3.63, 3.8) is 0 Å². The van der Waals surface area contributed by atoms with Crippen LogP contribution >= 0.6 is 11.3 Å². The van der Waals surface area contributed by atoms with Gasteiger partial charge in [-0.05, 0) is 29.3 Å². The normalized spacial score (nSPS) is 16.1. The molecule has 0 aliphatic heterocycles. The second-order valence-electron chi connectivity index (χ2n) is 3.61. The van der Waals surface area contributed by atoms with Gasteiger partial charge in [0.2, 0.25) is 0 Å². The third-order valence-corrected chi connectivity index (χ3v) is 2.66. The fourth-order valence-electron chi connectivity index (χ4n) is 1.35. The van der Waals surface area contributed by atoms with E-state index in [1.807, 2.05) is 23.8 Å². The number of rotatable bonds is 4. The Kier molecular flexibility index (Phi) is 3.90. The Morgan fingerprint density at radius 2 is 2.08 bits per heavy atom. The average Bonchev–Trinajstić information content (AvgIpc) is 2.53. The first-order chi connectivity index (χ1) is 6.11. The van der Waals surface area contributed by atoms with Crippen molar-refractivity contribution in [1.82, 2.24) is 5.32 Å². The molecular formula is C10H17NOS. The average molecular weight is 199 g/mol. The van der Waals surface area contributed by atoms with E-state index < -0.39 is 6.10 Å². The molecule has 1 aromatic rings. The molecule has 2 nitrogen and oxygen atoms in total. The maximum absolute atomic E-state index is 9.87. The lowest BCUT2D eigenvalue weighted by molar-refractivity contribution is 0.132. The Hall–Kier alpha value is -0.380. The van der Waals surface area contributed by atoms with Crippen LogP contribution in [0.15, 0.2) is 16.8 Å². The van der Waals surface area contributed by atoms with Crippen molar-refractivity contribution in [1.29, 1.82) is 0 Å². The smallest absolute Gasteiger partial charge is 0.0948 e. The van der Waals surface area contributed by atoms with Gasteiger partial charge in [-0.25, -0.2) is 0 Å². The zero-order valence-corrected chi connectivity index (χ0v) is 9.14. The summed E-state index contributed by atoms with van der Waals surface area (Å²) >= 11 is 1.62. The van der Waals surface area contributed by atoms with Crippen LogP contribution in [0.1, 0.15) is 32.4 Å². The molecule has 0 aromatic carbocycles. The zero-order chi connectivity index (χ0) is 9.84. The van der Waals surface area contributed by atoms with Gasteiger partial charge in [-0.1, -0.05) is 13.8 Å². The maximum Gasteiger partial charge on any atom is 0.0948 e. The molecule has 0 bridgehead atoms. The fraction of sp³-hybridized carbons (Fsp3) is 0.600. The first-order valence-electron chi connectivity index (χ1n) is 4.57. The summed E-state index contributed by atoms with van der Waals surface area (Å²) in [5.74, 6) is 0. The fourth-order valence-corrected chi connectivity index (χ4v) is 2.04. The van der Waals surface area contributed by atoms with E-state index in [4.69, 9.17) is 0 Å². The summed E-state index contributed by atoms with van der Waals surface area (Å²) in [6.45, 7) is 6.16. The van der Waals surface area contributed by atoms with Crippen molar-refractivity contribution in [3.8, 4) is 0 Å². The number of hydrogen-bond donors (Lipinski definition) is 2. The summed E-state index contributed by atoms with van der Waals surface area (Å²) < 4.78 is 0. The van der Waals surface area contributed by atoms with E-state index >= 15 is 0 Å². The second-order valence-corrected chi connectivity index (χ2v) is 4.39. The predicted octanol–water partition coefficient (Wildman–Crippen LogP) is 2.17. The molecule has 0 amide bonds. The summed E-state index contributed by atoms with van der Waals surface area (Å²) in [6.07, 6.45) is -0.395. The molecule has 0 saturated carbocycles. The summed E-state index contributed by atoms with van der Waals surface area (Å²) in [6, 6.07) is 2.48. The minimum Gasteiger partial charge on any atom is -0.387 e. The number of aliphatic hydroxyl groups excluding tert-OH is 1. The van der Waals surface area contributed by atoms with E-state index in [1.165, 1.54) is 0 Å². The van der Waals surface area contributed by atoms with Gasteiger partial charge in [0.25, 0.3) is 0 Å². The topological polar surface area (TPSA) is 32.3 Å². The van der Waals surface area contributed by atoms with E-state index in [-0.39, 0.29) is 6.04 Å². The number of thiophene rings is 1. The SMILES string of the molecule is CC(C)NC(C)C(O)c1ccsc1. The molecule has 13 heavy (non-hydrogen) atoms. The van der Waals surface area contributed by atoms with Crippen LogP contribution in [0.5, 0.6) is 0 Å². The lowest BCUT2D eigenvalue weighted by Crippen LogP contribution is -2.36. The lowest BCUT2D eigenvalue weighted by Gasteiger charge is -2.21. The zero-order valence-electron chi connectivity index (χ0n) is 8.32. The molecule has 0 aliphatic carbocycles. The lowest BCUT2D eigenvalue weighted by atomic mass is 10.1. The van der Waals surface area contributed by atoms with Crippen molar-refractivity contribution < 1.29 is 5.11 Å². The highest BCUT2D eigenvalue weighted by Gasteiger charge is 2.16. The van der Waals surface area contributed by atoms with E-state index in [2.05, 4.69) is 19.2 Å². The Morgan fingerprint density at radius 3 is 2.54 bits per heavy atom. The molecule has 1 rings (SSSR count). The van der Waals surface area contributed by atoms with E-state index in [9.17, 15) is 5.11 Å². The van der Waals surface area contributed by atoms with Crippen molar-refractivity contribution in [3.05, 3.63) is 22.4 Å². The number of aliphatic hydroxyl groups is 1. The van der Waals surface area contributed by atoms with Crippen LogP contribution in [0, 0.1) is 0 Å². The third kappa shape index (κ3) is 3.10. The third-order valence-electron chi connectivity index (χ3n) is 1.95. The van der Waals surface area contributed by atoms with Gasteiger partial charge in [0.1, 0.15) is 0 Å². The summed E-state index contributed by atoms with van der Waals surface area (Å²) in [5.41, 5.74) is 1.01. The Balaban J connectivity index is 2.52. The molecule has 1 heterocycles. The minimum atomic E-state index is -0.395. The monoisotopic (exact) mass is 199 g/mol. The molecule has 2 atom stereocenters. The van der Waals surface area contributed by atoms with Crippen molar-refractivity contribution in [2.45, 2.75) is 39.0 Å². The molecule has 2 unspecified atom stereocenters. The molecule has 1 aromatic heterocycles. The van der Waals surface area contributed by atoms with Gasteiger partial charge < -0.3 is 10.4 Å². The van der Waals surface area contributed by atoms with Gasteiger partial charge in [-0.2, -0.15) is 11.3 Å². The van der Waals surface area contributed by atoms with Crippen LogP contribution in [0.25, 0.3) is 0 Å². The highest BCUT2D eigenvalue weighted by Crippen LogP contribution is 2.19. The second kappa shape index (κ2) is 4.74. The predicted molar refractivity (Wildman–Crippen MR) is 57.0 cm³/mol. The van der Waals surface area contributed by atoms with Gasteiger partial charge in [0.15, 0.2) is 0 Å². The maximum atomic E-state index is 9.87. The largest absolute Gasteiger partial charge is 0.387 e. The first-order valence-corrected chi connectivity index (χ1v) is 5.51. The van der Waals surface area contributed by atoms with Crippen LogP contribution in [-0.2, 0) is 0 Å². The van der Waals surface area contributed by atoms with Crippen LogP contribution in [-0.4, -0.2) is 17.2 Å². The highest BCUT2D eigenvalue weighted by atomic mass is 32.1. The molecular weight excluding hydrogens is 182 g/mol. The summed E-state index contributed by atoms with van der Waals surface area (Å²) in [7, 11) is 0. The molecule has 2 N–H and O–H groups in total. The summed E-state index contributed by atoms with van der Waals surface area (Å²) in [4.78, 5) is 0. The van der Waals surface area contributed by atoms with Gasteiger partial charge in [0.05, 0.1) is 6.10 Å². The Labute approximate surface area is 83.6 Å². The number of nitrogens with one attached hydrogen (secondary N) is 1. The Morgan fingerprint density at radius 1 is 1.38 bits per heavy atom. The molecule has 0 aliphatic rings. The van der Waals surface area contributed by atoms with Gasteiger partial charge in [-0.3, -0.25) is 0 Å². The first kappa shape index (κ1) is 10.7. The molecule has 0 radical (unpaired) electrons. The standard InChI is InChI=1S/C10H17NOS/c1-7(2)11-8(3)10(12)9-4-5-13-6-9/h4-8,10-12H,1-3H3. The minimum absolute atomic E-state index is 0.106. The van der Waals surface area contributed by atoms with Crippen molar-refractivity contribution >= 4 is 11.3 Å². The van der Waals surface area contributed by atoms with Crippen LogP contribution in [0.3, 0.4) is 0 Å². The molecule has 74 valence electrons. The molecule has 3 heteroatoms. The van der Waals surface area contributed by atoms with Crippen LogP contribution in [0.4, 0.5) is 0 Å². The van der Waals surface area contributed by atoms with Crippen molar-refractivity contribution in [2.75, 3.05) is 0 Å². The van der Waals surface area contributed by atoms with E-state index in [0.717, 1.165) is 5.56 Å².